The first-order chi connectivity index (χ1) is 8.55. The summed E-state index contributed by atoms with van der Waals surface area (Å²) >= 11 is 0. The molecule has 2 rings (SSSR count). The van der Waals surface area contributed by atoms with Gasteiger partial charge in [-0.2, -0.15) is 4.31 Å². The molecule has 1 unspecified atom stereocenters. The average molecular weight is 269 g/mol. The molecule has 0 saturated carbocycles. The van der Waals surface area contributed by atoms with Crippen molar-refractivity contribution in [3.8, 4) is 0 Å². The van der Waals surface area contributed by atoms with E-state index in [1.807, 2.05) is 12.1 Å². The van der Waals surface area contributed by atoms with Gasteiger partial charge >= 0.3 is 0 Å². The van der Waals surface area contributed by atoms with Gasteiger partial charge in [-0.15, -0.1) is 0 Å². The van der Waals surface area contributed by atoms with E-state index in [0.717, 1.165) is 19.4 Å². The summed E-state index contributed by atoms with van der Waals surface area (Å²) in [7, 11) is -3.06. The molecule has 0 amide bonds. The molecule has 2 heterocycles. The lowest BCUT2D eigenvalue weighted by Crippen LogP contribution is -2.52. The SMILES string of the molecule is CS(=O)(=O)N1CCNC(CCc2ccncc2)C1. The monoisotopic (exact) mass is 269 g/mol. The molecule has 0 aliphatic carbocycles. The summed E-state index contributed by atoms with van der Waals surface area (Å²) in [6, 6.07) is 4.23. The maximum atomic E-state index is 11.5. The van der Waals surface area contributed by atoms with Gasteiger partial charge in [-0.3, -0.25) is 4.98 Å². The molecule has 1 N–H and O–H groups in total. The van der Waals surface area contributed by atoms with Gasteiger partial charge in [0.1, 0.15) is 0 Å². The van der Waals surface area contributed by atoms with Crippen LogP contribution in [0.25, 0.3) is 0 Å². The Hall–Kier alpha value is -0.980. The van der Waals surface area contributed by atoms with Crippen molar-refractivity contribution < 1.29 is 8.42 Å². The Labute approximate surface area is 108 Å². The second-order valence-corrected chi connectivity index (χ2v) is 6.65. The van der Waals surface area contributed by atoms with E-state index < -0.39 is 10.0 Å². The van der Waals surface area contributed by atoms with Crippen molar-refractivity contribution in [1.82, 2.24) is 14.6 Å². The number of piperazine rings is 1. The van der Waals surface area contributed by atoms with E-state index in [9.17, 15) is 8.42 Å². The van der Waals surface area contributed by atoms with Crippen LogP contribution in [-0.2, 0) is 16.4 Å². The zero-order valence-electron chi connectivity index (χ0n) is 10.5. The number of rotatable bonds is 4. The van der Waals surface area contributed by atoms with Crippen LogP contribution in [0.1, 0.15) is 12.0 Å². The third-order valence-corrected chi connectivity index (χ3v) is 4.49. The largest absolute Gasteiger partial charge is 0.311 e. The third kappa shape index (κ3) is 3.76. The van der Waals surface area contributed by atoms with Crippen LogP contribution in [0.4, 0.5) is 0 Å². The van der Waals surface area contributed by atoms with Gasteiger partial charge in [0.2, 0.25) is 10.0 Å². The Morgan fingerprint density at radius 1 is 1.44 bits per heavy atom. The number of nitrogens with zero attached hydrogens (tertiary/aromatic N) is 2. The fourth-order valence-electron chi connectivity index (χ4n) is 2.18. The molecule has 0 spiro atoms. The highest BCUT2D eigenvalue weighted by molar-refractivity contribution is 7.88. The lowest BCUT2D eigenvalue weighted by atomic mass is 10.1. The number of aromatic nitrogens is 1. The zero-order valence-corrected chi connectivity index (χ0v) is 11.4. The maximum absolute atomic E-state index is 11.5. The smallest absolute Gasteiger partial charge is 0.211 e. The van der Waals surface area contributed by atoms with Crippen LogP contribution < -0.4 is 5.32 Å². The van der Waals surface area contributed by atoms with Gasteiger partial charge in [-0.05, 0) is 30.5 Å². The number of aryl methyl sites for hydroxylation is 1. The van der Waals surface area contributed by atoms with E-state index >= 15 is 0 Å². The average Bonchev–Trinajstić information content (AvgIpc) is 2.37. The molecule has 1 aliphatic heterocycles. The summed E-state index contributed by atoms with van der Waals surface area (Å²) in [4.78, 5) is 3.98. The summed E-state index contributed by atoms with van der Waals surface area (Å²) in [5.41, 5.74) is 1.24. The van der Waals surface area contributed by atoms with Crippen LogP contribution in [0.3, 0.4) is 0 Å². The van der Waals surface area contributed by atoms with Crippen LogP contribution in [0, 0.1) is 0 Å². The van der Waals surface area contributed by atoms with Gasteiger partial charge in [-0.25, -0.2) is 8.42 Å². The quantitative estimate of drug-likeness (QED) is 0.851. The molecule has 1 fully saturated rings. The van der Waals surface area contributed by atoms with Gasteiger partial charge in [0.25, 0.3) is 0 Å². The van der Waals surface area contributed by atoms with Crippen LogP contribution in [0.15, 0.2) is 24.5 Å². The Kier molecular flexibility index (Phi) is 4.31. The molecule has 0 aromatic carbocycles. The van der Waals surface area contributed by atoms with Crippen molar-refractivity contribution in [3.05, 3.63) is 30.1 Å². The van der Waals surface area contributed by atoms with Crippen molar-refractivity contribution in [3.63, 3.8) is 0 Å². The molecule has 6 heteroatoms. The minimum Gasteiger partial charge on any atom is -0.311 e. The van der Waals surface area contributed by atoms with Gasteiger partial charge < -0.3 is 5.32 Å². The Balaban J connectivity index is 1.87. The summed E-state index contributed by atoms with van der Waals surface area (Å²) < 4.78 is 24.5. The van der Waals surface area contributed by atoms with E-state index in [1.54, 1.807) is 16.7 Å². The van der Waals surface area contributed by atoms with Crippen molar-refractivity contribution in [2.75, 3.05) is 25.9 Å². The minimum absolute atomic E-state index is 0.238. The van der Waals surface area contributed by atoms with Crippen molar-refractivity contribution in [1.29, 1.82) is 0 Å². The third-order valence-electron chi connectivity index (χ3n) is 3.22. The fraction of sp³-hybridized carbons (Fsp3) is 0.583. The van der Waals surface area contributed by atoms with Crippen LogP contribution in [0.5, 0.6) is 0 Å². The molecule has 0 radical (unpaired) electrons. The van der Waals surface area contributed by atoms with E-state index in [1.165, 1.54) is 11.8 Å². The second-order valence-electron chi connectivity index (χ2n) is 4.67. The van der Waals surface area contributed by atoms with E-state index in [2.05, 4.69) is 10.3 Å². The predicted octanol–water partition coefficient (Wildman–Crippen LogP) is 0.248. The first-order valence-corrected chi connectivity index (χ1v) is 7.98. The first kappa shape index (κ1) is 13.5. The first-order valence-electron chi connectivity index (χ1n) is 6.13. The molecule has 1 aromatic rings. The van der Waals surface area contributed by atoms with Crippen molar-refractivity contribution >= 4 is 10.0 Å². The molecular weight excluding hydrogens is 250 g/mol. The van der Waals surface area contributed by atoms with E-state index in [4.69, 9.17) is 0 Å². The molecule has 1 saturated heterocycles. The molecule has 1 aliphatic rings. The zero-order chi connectivity index (χ0) is 13.0. The fourth-order valence-corrected chi connectivity index (χ4v) is 3.05. The van der Waals surface area contributed by atoms with Crippen LogP contribution >= 0.6 is 0 Å². The lowest BCUT2D eigenvalue weighted by molar-refractivity contribution is 0.290. The maximum Gasteiger partial charge on any atom is 0.211 e. The van der Waals surface area contributed by atoms with Gasteiger partial charge in [0.15, 0.2) is 0 Å². The number of nitrogens with one attached hydrogen (secondary N) is 1. The van der Waals surface area contributed by atoms with E-state index in [0.29, 0.717) is 13.1 Å². The van der Waals surface area contributed by atoms with Gasteiger partial charge in [0, 0.05) is 38.1 Å². The molecule has 100 valence electrons. The highest BCUT2D eigenvalue weighted by Gasteiger charge is 2.24. The molecule has 0 bridgehead atoms. The Morgan fingerprint density at radius 3 is 2.83 bits per heavy atom. The Bertz CT molecular complexity index is 475. The molecule has 18 heavy (non-hydrogen) atoms. The number of hydrogen-bond donors (Lipinski definition) is 1. The normalized spacial score (nSPS) is 21.9. The molecular formula is C12H19N3O2S. The highest BCUT2D eigenvalue weighted by atomic mass is 32.2. The Morgan fingerprint density at radius 2 is 2.17 bits per heavy atom. The van der Waals surface area contributed by atoms with E-state index in [-0.39, 0.29) is 6.04 Å². The lowest BCUT2D eigenvalue weighted by Gasteiger charge is -2.32. The molecule has 1 atom stereocenters. The van der Waals surface area contributed by atoms with Crippen LogP contribution in [0.2, 0.25) is 0 Å². The van der Waals surface area contributed by atoms with Crippen molar-refractivity contribution in [2.45, 2.75) is 18.9 Å². The van der Waals surface area contributed by atoms with Crippen LogP contribution in [-0.4, -0.2) is 49.6 Å². The molecule has 5 nitrogen and oxygen atoms in total. The highest BCUT2D eigenvalue weighted by Crippen LogP contribution is 2.10. The van der Waals surface area contributed by atoms with Gasteiger partial charge in [0.05, 0.1) is 6.26 Å². The predicted molar refractivity (Wildman–Crippen MR) is 70.8 cm³/mol. The summed E-state index contributed by atoms with van der Waals surface area (Å²) in [6.07, 6.45) is 6.73. The minimum atomic E-state index is -3.06. The molecule has 1 aromatic heterocycles. The second kappa shape index (κ2) is 5.77. The standard InChI is InChI=1S/C12H19N3O2S/c1-18(16,17)15-9-8-14-12(10-15)3-2-11-4-6-13-7-5-11/h4-7,12,14H,2-3,8-10H2,1H3. The summed E-state index contributed by atoms with van der Waals surface area (Å²) in [5.74, 6) is 0. The number of hydrogen-bond acceptors (Lipinski definition) is 4. The topological polar surface area (TPSA) is 62.3 Å². The van der Waals surface area contributed by atoms with Crippen molar-refractivity contribution in [2.24, 2.45) is 0 Å². The number of pyridine rings is 1. The number of sulfonamides is 1. The summed E-state index contributed by atoms with van der Waals surface area (Å²) in [6.45, 7) is 1.88. The summed E-state index contributed by atoms with van der Waals surface area (Å²) in [5, 5.41) is 3.37. The van der Waals surface area contributed by atoms with Gasteiger partial charge in [-0.1, -0.05) is 0 Å².